The average Bonchev–Trinajstić information content (AvgIpc) is 3.23. The smallest absolute Gasteiger partial charge is 0.226 e. The maximum absolute atomic E-state index is 5.56. The average molecular weight is 506 g/mol. The summed E-state index contributed by atoms with van der Waals surface area (Å²) >= 11 is 0. The molecule has 0 amide bonds. The van der Waals surface area contributed by atoms with Gasteiger partial charge in [-0.3, -0.25) is 4.99 Å². The molecule has 0 saturated carbocycles. The first kappa shape index (κ1) is 22.7. The third-order valence-corrected chi connectivity index (χ3v) is 4.33. The van der Waals surface area contributed by atoms with Crippen molar-refractivity contribution in [1.29, 1.82) is 0 Å². The Morgan fingerprint density at radius 2 is 1.83 bits per heavy atom. The van der Waals surface area contributed by atoms with Gasteiger partial charge < -0.3 is 19.8 Å². The fraction of sp³-hybridized carbons (Fsp3) is 0.273. The number of nitrogens with one attached hydrogen (secondary N) is 2. The summed E-state index contributed by atoms with van der Waals surface area (Å²) in [7, 11) is 3.44. The quantitative estimate of drug-likeness (QED) is 0.207. The van der Waals surface area contributed by atoms with E-state index in [9.17, 15) is 0 Å². The zero-order valence-corrected chi connectivity index (χ0v) is 19.1. The van der Waals surface area contributed by atoms with Gasteiger partial charge in [-0.05, 0) is 42.7 Å². The number of hydrogen-bond acceptors (Lipinski definition) is 4. The van der Waals surface area contributed by atoms with Crippen molar-refractivity contribution < 1.29 is 9.15 Å². The number of methoxy groups -OCH3 is 1. The third kappa shape index (κ3) is 7.08. The molecular formula is C22H27IN4O2. The van der Waals surface area contributed by atoms with Crippen LogP contribution >= 0.6 is 24.0 Å². The molecule has 29 heavy (non-hydrogen) atoms. The summed E-state index contributed by atoms with van der Waals surface area (Å²) in [6, 6.07) is 18.0. The predicted octanol–water partition coefficient (Wildman–Crippen LogP) is 4.27. The summed E-state index contributed by atoms with van der Waals surface area (Å²) in [6.45, 7) is 1.38. The van der Waals surface area contributed by atoms with Crippen molar-refractivity contribution in [2.45, 2.75) is 19.4 Å². The first-order chi connectivity index (χ1) is 13.8. The Balaban J connectivity index is 0.00000300. The molecule has 0 fully saturated rings. The molecule has 0 saturated heterocycles. The number of nitrogens with zero attached hydrogens (tertiary/aromatic N) is 2. The van der Waals surface area contributed by atoms with Gasteiger partial charge in [0.05, 0.1) is 19.3 Å². The fourth-order valence-corrected chi connectivity index (χ4v) is 2.79. The highest BCUT2D eigenvalue weighted by Crippen LogP contribution is 2.17. The number of benzene rings is 2. The van der Waals surface area contributed by atoms with Crippen molar-refractivity contribution in [2.75, 3.05) is 20.7 Å². The highest BCUT2D eigenvalue weighted by molar-refractivity contribution is 14.0. The minimum absolute atomic E-state index is 0. The molecule has 154 valence electrons. The molecule has 0 spiro atoms. The number of aryl methyl sites for hydroxylation is 1. The van der Waals surface area contributed by atoms with Gasteiger partial charge in [-0.15, -0.1) is 24.0 Å². The van der Waals surface area contributed by atoms with Crippen LogP contribution in [0.2, 0.25) is 0 Å². The minimum Gasteiger partial charge on any atom is -0.497 e. The summed E-state index contributed by atoms with van der Waals surface area (Å²) < 4.78 is 10.7. The van der Waals surface area contributed by atoms with Gasteiger partial charge in [0.25, 0.3) is 0 Å². The Morgan fingerprint density at radius 1 is 1.07 bits per heavy atom. The van der Waals surface area contributed by atoms with E-state index in [0.717, 1.165) is 42.4 Å². The standard InChI is InChI=1S/C22H26N4O2.HI/c1-23-22(24-14-6-7-17-10-12-20(27-2)13-11-17)25-15-19-16-28-21(26-19)18-8-4-3-5-9-18;/h3-5,8-13,16H,6-7,14-15H2,1-2H3,(H2,23,24,25);1H. The molecule has 1 heterocycles. The van der Waals surface area contributed by atoms with Crippen LogP contribution in [0.3, 0.4) is 0 Å². The number of hydrogen-bond donors (Lipinski definition) is 2. The van der Waals surface area contributed by atoms with Gasteiger partial charge in [-0.1, -0.05) is 30.3 Å². The van der Waals surface area contributed by atoms with Crippen LogP contribution in [0.5, 0.6) is 5.75 Å². The van der Waals surface area contributed by atoms with E-state index in [4.69, 9.17) is 9.15 Å². The summed E-state index contributed by atoms with van der Waals surface area (Å²) in [5, 5.41) is 6.59. The Kier molecular flexibility index (Phi) is 9.49. The molecule has 7 heteroatoms. The largest absolute Gasteiger partial charge is 0.497 e. The Labute approximate surface area is 188 Å². The number of guanidine groups is 1. The highest BCUT2D eigenvalue weighted by Gasteiger charge is 2.07. The second-order valence-corrected chi connectivity index (χ2v) is 6.31. The Bertz CT molecular complexity index is 879. The SMILES string of the molecule is CN=C(NCCCc1ccc(OC)cc1)NCc1coc(-c2ccccc2)n1.I. The van der Waals surface area contributed by atoms with Crippen LogP contribution in [-0.2, 0) is 13.0 Å². The second kappa shape index (κ2) is 12.1. The molecule has 0 radical (unpaired) electrons. The van der Waals surface area contributed by atoms with Crippen molar-refractivity contribution in [3.8, 4) is 17.2 Å². The van der Waals surface area contributed by atoms with Crippen molar-refractivity contribution in [2.24, 2.45) is 4.99 Å². The molecule has 0 unspecified atom stereocenters. The molecule has 2 aromatic carbocycles. The summed E-state index contributed by atoms with van der Waals surface area (Å²) in [6.07, 6.45) is 3.68. The predicted molar refractivity (Wildman–Crippen MR) is 127 cm³/mol. The summed E-state index contributed by atoms with van der Waals surface area (Å²) in [4.78, 5) is 8.77. The number of rotatable bonds is 8. The molecule has 0 aliphatic heterocycles. The van der Waals surface area contributed by atoms with E-state index in [0.29, 0.717) is 12.4 Å². The van der Waals surface area contributed by atoms with Gasteiger partial charge in [0, 0.05) is 19.2 Å². The van der Waals surface area contributed by atoms with Crippen LogP contribution in [-0.4, -0.2) is 31.6 Å². The van der Waals surface area contributed by atoms with Crippen LogP contribution in [0.4, 0.5) is 0 Å². The monoisotopic (exact) mass is 506 g/mol. The van der Waals surface area contributed by atoms with E-state index in [-0.39, 0.29) is 24.0 Å². The Morgan fingerprint density at radius 3 is 2.52 bits per heavy atom. The normalized spacial score (nSPS) is 10.9. The van der Waals surface area contributed by atoms with Gasteiger partial charge in [-0.25, -0.2) is 4.98 Å². The zero-order chi connectivity index (χ0) is 19.6. The van der Waals surface area contributed by atoms with Crippen molar-refractivity contribution in [1.82, 2.24) is 15.6 Å². The van der Waals surface area contributed by atoms with Gasteiger partial charge in [0.1, 0.15) is 12.0 Å². The zero-order valence-electron chi connectivity index (χ0n) is 16.7. The van der Waals surface area contributed by atoms with E-state index >= 15 is 0 Å². The number of oxazole rings is 1. The second-order valence-electron chi connectivity index (χ2n) is 6.31. The molecule has 0 aliphatic carbocycles. The molecule has 3 aromatic rings. The Hall–Kier alpha value is -2.55. The van der Waals surface area contributed by atoms with Gasteiger partial charge in [0.15, 0.2) is 5.96 Å². The van der Waals surface area contributed by atoms with Gasteiger partial charge in [0.2, 0.25) is 5.89 Å². The number of aromatic nitrogens is 1. The molecule has 6 nitrogen and oxygen atoms in total. The molecule has 0 aliphatic rings. The highest BCUT2D eigenvalue weighted by atomic mass is 127. The summed E-state index contributed by atoms with van der Waals surface area (Å²) in [5.74, 6) is 2.26. The summed E-state index contributed by atoms with van der Waals surface area (Å²) in [5.41, 5.74) is 3.09. The fourth-order valence-electron chi connectivity index (χ4n) is 2.79. The molecule has 0 atom stereocenters. The van der Waals surface area contributed by atoms with Crippen molar-refractivity contribution in [3.05, 3.63) is 72.1 Å². The van der Waals surface area contributed by atoms with Gasteiger partial charge >= 0.3 is 0 Å². The lowest BCUT2D eigenvalue weighted by molar-refractivity contribution is 0.414. The van der Waals surface area contributed by atoms with Crippen LogP contribution in [0.25, 0.3) is 11.5 Å². The van der Waals surface area contributed by atoms with E-state index in [2.05, 4.69) is 32.7 Å². The van der Waals surface area contributed by atoms with Crippen LogP contribution in [0, 0.1) is 0 Å². The van der Waals surface area contributed by atoms with E-state index in [1.165, 1.54) is 5.56 Å². The molecule has 3 rings (SSSR count). The van der Waals surface area contributed by atoms with Crippen LogP contribution < -0.4 is 15.4 Å². The van der Waals surface area contributed by atoms with Crippen molar-refractivity contribution >= 4 is 29.9 Å². The third-order valence-electron chi connectivity index (χ3n) is 4.33. The van der Waals surface area contributed by atoms with E-state index in [1.807, 2.05) is 42.5 Å². The topological polar surface area (TPSA) is 71.7 Å². The maximum atomic E-state index is 5.56. The lowest BCUT2D eigenvalue weighted by atomic mass is 10.1. The number of halogens is 1. The maximum Gasteiger partial charge on any atom is 0.226 e. The lowest BCUT2D eigenvalue weighted by Gasteiger charge is -2.11. The van der Waals surface area contributed by atoms with E-state index in [1.54, 1.807) is 20.4 Å². The first-order valence-electron chi connectivity index (χ1n) is 9.36. The lowest BCUT2D eigenvalue weighted by Crippen LogP contribution is -2.37. The molecule has 1 aromatic heterocycles. The van der Waals surface area contributed by atoms with Crippen LogP contribution in [0.15, 0.2) is 70.3 Å². The van der Waals surface area contributed by atoms with E-state index < -0.39 is 0 Å². The first-order valence-corrected chi connectivity index (χ1v) is 9.36. The van der Waals surface area contributed by atoms with Crippen molar-refractivity contribution in [3.63, 3.8) is 0 Å². The molecule has 2 N–H and O–H groups in total. The molecular weight excluding hydrogens is 479 g/mol. The number of aliphatic imine (C=N–C) groups is 1. The van der Waals surface area contributed by atoms with Crippen LogP contribution in [0.1, 0.15) is 17.7 Å². The van der Waals surface area contributed by atoms with Gasteiger partial charge in [-0.2, -0.15) is 0 Å². The molecule has 0 bridgehead atoms. The minimum atomic E-state index is 0. The number of ether oxygens (including phenoxy) is 1.